The van der Waals surface area contributed by atoms with Gasteiger partial charge in [-0.1, -0.05) is 49.0 Å². The van der Waals surface area contributed by atoms with E-state index in [0.717, 1.165) is 11.1 Å². The molecular formula is C27H35N3O5S. The van der Waals surface area contributed by atoms with Crippen molar-refractivity contribution in [3.8, 4) is 0 Å². The van der Waals surface area contributed by atoms with E-state index in [2.05, 4.69) is 17.2 Å². The second kappa shape index (κ2) is 10.8. The van der Waals surface area contributed by atoms with E-state index in [9.17, 15) is 18.0 Å². The van der Waals surface area contributed by atoms with Crippen LogP contribution in [0.1, 0.15) is 51.7 Å². The monoisotopic (exact) mass is 513 g/mol. The average molecular weight is 514 g/mol. The number of carbonyl (C=O) groups is 2. The summed E-state index contributed by atoms with van der Waals surface area (Å²) in [5.41, 5.74) is 0.167. The van der Waals surface area contributed by atoms with Crippen molar-refractivity contribution in [3.05, 3.63) is 78.4 Å². The summed E-state index contributed by atoms with van der Waals surface area (Å²) in [6.45, 7) is 11.4. The summed E-state index contributed by atoms with van der Waals surface area (Å²) < 4.78 is 34.2. The Bertz CT molecular complexity index is 1170. The summed E-state index contributed by atoms with van der Waals surface area (Å²) in [6, 6.07) is 15.7. The van der Waals surface area contributed by atoms with Gasteiger partial charge in [0.05, 0.1) is 4.90 Å². The molecule has 1 fully saturated rings. The van der Waals surface area contributed by atoms with Gasteiger partial charge in [0.1, 0.15) is 6.61 Å². The first kappa shape index (κ1) is 27.4. The zero-order chi connectivity index (χ0) is 26.6. The highest BCUT2D eigenvalue weighted by atomic mass is 32.2. The molecule has 1 aliphatic rings. The standard InChI is InChI=1S/C27H35N3O5S/c1-6-24(31)29-22-16-26(2,3)30(27(4,5)17-22)36(33,34)23-14-12-20(13-15-23)18-28-25(32)35-19-21-10-8-7-9-11-21/h6-15,22H,1,16-19H2,2-5H3,(H,28,32)(H,29,31). The lowest BCUT2D eigenvalue weighted by molar-refractivity contribution is -0.118. The molecule has 0 aromatic heterocycles. The van der Waals surface area contributed by atoms with Gasteiger partial charge in [0.2, 0.25) is 15.9 Å². The van der Waals surface area contributed by atoms with Crippen LogP contribution < -0.4 is 10.6 Å². The summed E-state index contributed by atoms with van der Waals surface area (Å²) in [6.07, 6.45) is 1.62. The lowest BCUT2D eigenvalue weighted by Gasteiger charge is -2.53. The first-order valence-electron chi connectivity index (χ1n) is 11.9. The Kier molecular flexibility index (Phi) is 8.26. The van der Waals surface area contributed by atoms with Crippen LogP contribution in [0.15, 0.2) is 72.1 Å². The Morgan fingerprint density at radius 1 is 1.00 bits per heavy atom. The number of ether oxygens (including phenoxy) is 1. The summed E-state index contributed by atoms with van der Waals surface area (Å²) in [7, 11) is -3.83. The van der Waals surface area contributed by atoms with Crippen molar-refractivity contribution in [1.29, 1.82) is 0 Å². The molecule has 1 heterocycles. The van der Waals surface area contributed by atoms with Crippen LogP contribution in [-0.2, 0) is 32.7 Å². The van der Waals surface area contributed by atoms with Crippen LogP contribution in [-0.4, -0.2) is 41.8 Å². The van der Waals surface area contributed by atoms with Crippen molar-refractivity contribution in [1.82, 2.24) is 14.9 Å². The van der Waals surface area contributed by atoms with Gasteiger partial charge in [-0.15, -0.1) is 0 Å². The van der Waals surface area contributed by atoms with Gasteiger partial charge in [0.15, 0.2) is 0 Å². The third kappa shape index (κ3) is 6.53. The molecule has 0 radical (unpaired) electrons. The number of carbonyl (C=O) groups excluding carboxylic acids is 2. The molecule has 1 saturated heterocycles. The molecule has 2 aromatic rings. The highest BCUT2D eigenvalue weighted by Gasteiger charge is 2.51. The Hall–Kier alpha value is -3.17. The second-order valence-electron chi connectivity index (χ2n) is 10.3. The molecule has 36 heavy (non-hydrogen) atoms. The number of sulfonamides is 1. The highest BCUT2D eigenvalue weighted by molar-refractivity contribution is 7.89. The maximum absolute atomic E-state index is 13.7. The van der Waals surface area contributed by atoms with Gasteiger partial charge in [-0.05, 0) is 69.9 Å². The van der Waals surface area contributed by atoms with Gasteiger partial charge in [-0.25, -0.2) is 13.2 Å². The van der Waals surface area contributed by atoms with Crippen molar-refractivity contribution in [2.24, 2.45) is 0 Å². The molecule has 9 heteroatoms. The summed E-state index contributed by atoms with van der Waals surface area (Å²) in [5, 5.41) is 5.60. The molecule has 0 atom stereocenters. The van der Waals surface area contributed by atoms with E-state index in [1.165, 1.54) is 6.08 Å². The molecule has 2 aromatic carbocycles. The molecule has 8 nitrogen and oxygen atoms in total. The van der Waals surface area contributed by atoms with E-state index in [1.54, 1.807) is 28.6 Å². The molecule has 2 amide bonds. The number of alkyl carbamates (subject to hydrolysis) is 1. The maximum atomic E-state index is 13.7. The van der Waals surface area contributed by atoms with Crippen LogP contribution in [0.2, 0.25) is 0 Å². The molecule has 0 spiro atoms. The average Bonchev–Trinajstić information content (AvgIpc) is 2.80. The smallest absolute Gasteiger partial charge is 0.407 e. The number of amides is 2. The van der Waals surface area contributed by atoms with Crippen molar-refractivity contribution < 1.29 is 22.7 Å². The zero-order valence-electron chi connectivity index (χ0n) is 21.3. The van der Waals surface area contributed by atoms with Crippen LogP contribution in [0, 0.1) is 0 Å². The molecule has 0 unspecified atom stereocenters. The van der Waals surface area contributed by atoms with Crippen molar-refractivity contribution in [3.63, 3.8) is 0 Å². The molecule has 1 aliphatic heterocycles. The quantitative estimate of drug-likeness (QED) is 0.517. The third-order valence-corrected chi connectivity index (χ3v) is 8.57. The van der Waals surface area contributed by atoms with Gasteiger partial charge in [0.25, 0.3) is 0 Å². The molecular weight excluding hydrogens is 478 g/mol. The molecule has 3 rings (SSSR count). The van der Waals surface area contributed by atoms with E-state index < -0.39 is 27.2 Å². The number of hydrogen-bond acceptors (Lipinski definition) is 5. The zero-order valence-corrected chi connectivity index (χ0v) is 22.1. The van der Waals surface area contributed by atoms with Gasteiger partial charge in [-0.3, -0.25) is 4.79 Å². The van der Waals surface area contributed by atoms with Crippen LogP contribution in [0.4, 0.5) is 4.79 Å². The van der Waals surface area contributed by atoms with Gasteiger partial charge < -0.3 is 15.4 Å². The fourth-order valence-corrected chi connectivity index (χ4v) is 7.25. The number of benzene rings is 2. The predicted octanol–water partition coefficient (Wildman–Crippen LogP) is 4.13. The number of hydrogen-bond donors (Lipinski definition) is 2. The molecule has 194 valence electrons. The molecule has 0 aliphatic carbocycles. The van der Waals surface area contributed by atoms with Gasteiger partial charge in [-0.2, -0.15) is 4.31 Å². The van der Waals surface area contributed by atoms with Gasteiger partial charge in [0, 0.05) is 23.7 Å². The molecule has 2 N–H and O–H groups in total. The minimum absolute atomic E-state index is 0.165. The summed E-state index contributed by atoms with van der Waals surface area (Å²) >= 11 is 0. The Morgan fingerprint density at radius 3 is 2.14 bits per heavy atom. The van der Waals surface area contributed by atoms with E-state index in [1.807, 2.05) is 58.0 Å². The molecule has 0 saturated carbocycles. The van der Waals surface area contributed by atoms with Crippen molar-refractivity contribution in [2.45, 2.75) is 75.7 Å². The largest absolute Gasteiger partial charge is 0.445 e. The fourth-order valence-electron chi connectivity index (χ4n) is 5.11. The van der Waals surface area contributed by atoms with Crippen LogP contribution in [0.3, 0.4) is 0 Å². The van der Waals surface area contributed by atoms with Crippen LogP contribution in [0.25, 0.3) is 0 Å². The van der Waals surface area contributed by atoms with Gasteiger partial charge >= 0.3 is 6.09 Å². The van der Waals surface area contributed by atoms with Crippen molar-refractivity contribution in [2.75, 3.05) is 0 Å². The Balaban J connectivity index is 1.66. The number of rotatable bonds is 8. The van der Waals surface area contributed by atoms with Crippen molar-refractivity contribution >= 4 is 22.0 Å². The highest BCUT2D eigenvalue weighted by Crippen LogP contribution is 2.42. The van der Waals surface area contributed by atoms with E-state index in [4.69, 9.17) is 4.74 Å². The van der Waals surface area contributed by atoms with E-state index in [0.29, 0.717) is 12.8 Å². The van der Waals surface area contributed by atoms with Crippen LogP contribution >= 0.6 is 0 Å². The third-order valence-electron chi connectivity index (χ3n) is 6.23. The fraction of sp³-hybridized carbons (Fsp3) is 0.407. The SMILES string of the molecule is C=CC(=O)NC1CC(C)(C)N(S(=O)(=O)c2ccc(CNC(=O)OCc3ccccc3)cc2)C(C)(C)C1. The lowest BCUT2D eigenvalue weighted by atomic mass is 9.79. The minimum Gasteiger partial charge on any atom is -0.445 e. The molecule has 0 bridgehead atoms. The number of nitrogens with one attached hydrogen (secondary N) is 2. The lowest BCUT2D eigenvalue weighted by Crippen LogP contribution is -2.65. The minimum atomic E-state index is -3.83. The van der Waals surface area contributed by atoms with E-state index in [-0.39, 0.29) is 30.0 Å². The van der Waals surface area contributed by atoms with E-state index >= 15 is 0 Å². The summed E-state index contributed by atoms with van der Waals surface area (Å²) in [4.78, 5) is 24.0. The summed E-state index contributed by atoms with van der Waals surface area (Å²) in [5.74, 6) is -0.268. The first-order chi connectivity index (χ1) is 16.8. The second-order valence-corrected chi connectivity index (χ2v) is 12.1. The Morgan fingerprint density at radius 2 is 1.58 bits per heavy atom. The predicted molar refractivity (Wildman–Crippen MR) is 138 cm³/mol. The first-order valence-corrected chi connectivity index (χ1v) is 13.3. The maximum Gasteiger partial charge on any atom is 0.407 e. The topological polar surface area (TPSA) is 105 Å². The Labute approximate surface area is 213 Å². The normalized spacial score (nSPS) is 17.7. The van der Waals surface area contributed by atoms with Crippen LogP contribution in [0.5, 0.6) is 0 Å². The number of nitrogens with zero attached hydrogens (tertiary/aromatic N) is 1. The number of piperidine rings is 1.